The van der Waals surface area contributed by atoms with Crippen LogP contribution in [0, 0.1) is 23.6 Å². The Kier molecular flexibility index (Phi) is 5.00. The summed E-state index contributed by atoms with van der Waals surface area (Å²) < 4.78 is 14.4. The first-order valence-corrected chi connectivity index (χ1v) is 9.14. The average molecular weight is 354 g/mol. The monoisotopic (exact) mass is 353 g/mol. The standard InChI is InChI=1S/C18H25BrFN/c1-2-8-21-17(15-10-12-6-7-13(15)9-12)11-14-4-3-5-16(20)18(14)19/h3-5,12-13,15,17,21H,2,6-11H2,1H3. The van der Waals surface area contributed by atoms with E-state index in [1.165, 1.54) is 31.7 Å². The van der Waals surface area contributed by atoms with Crippen LogP contribution < -0.4 is 5.32 Å². The van der Waals surface area contributed by atoms with Crippen LogP contribution in [0.4, 0.5) is 4.39 Å². The molecule has 2 aliphatic rings. The summed E-state index contributed by atoms with van der Waals surface area (Å²) in [5, 5.41) is 3.75. The van der Waals surface area contributed by atoms with Gasteiger partial charge in [-0.1, -0.05) is 25.5 Å². The van der Waals surface area contributed by atoms with E-state index in [0.29, 0.717) is 10.5 Å². The molecule has 3 rings (SSSR count). The SMILES string of the molecule is CCCNC(Cc1cccc(F)c1Br)C1CC2CCC1C2. The van der Waals surface area contributed by atoms with Crippen molar-refractivity contribution in [3.63, 3.8) is 0 Å². The molecule has 21 heavy (non-hydrogen) atoms. The number of hydrogen-bond donors (Lipinski definition) is 1. The van der Waals surface area contributed by atoms with E-state index in [1.807, 2.05) is 6.07 Å². The van der Waals surface area contributed by atoms with Crippen molar-refractivity contribution < 1.29 is 4.39 Å². The molecule has 2 bridgehead atoms. The molecule has 1 aromatic rings. The van der Waals surface area contributed by atoms with Gasteiger partial charge in [0.2, 0.25) is 0 Å². The van der Waals surface area contributed by atoms with Gasteiger partial charge in [-0.15, -0.1) is 0 Å². The predicted octanol–water partition coefficient (Wildman–Crippen LogP) is 4.94. The molecule has 116 valence electrons. The molecule has 4 unspecified atom stereocenters. The van der Waals surface area contributed by atoms with E-state index in [9.17, 15) is 4.39 Å². The number of hydrogen-bond acceptors (Lipinski definition) is 1. The molecule has 0 spiro atoms. The van der Waals surface area contributed by atoms with E-state index in [-0.39, 0.29) is 5.82 Å². The molecule has 1 nitrogen and oxygen atoms in total. The van der Waals surface area contributed by atoms with Crippen LogP contribution in [0.25, 0.3) is 0 Å². The van der Waals surface area contributed by atoms with Gasteiger partial charge in [0.05, 0.1) is 4.47 Å². The summed E-state index contributed by atoms with van der Waals surface area (Å²) in [6.45, 7) is 3.27. The molecule has 1 aromatic carbocycles. The molecule has 0 amide bonds. The highest BCUT2D eigenvalue weighted by Gasteiger charge is 2.42. The number of nitrogens with one attached hydrogen (secondary N) is 1. The van der Waals surface area contributed by atoms with Crippen molar-refractivity contribution in [3.05, 3.63) is 34.1 Å². The molecular formula is C18H25BrFN. The molecule has 2 saturated carbocycles. The lowest BCUT2D eigenvalue weighted by molar-refractivity contribution is 0.246. The highest BCUT2D eigenvalue weighted by atomic mass is 79.9. The summed E-state index contributed by atoms with van der Waals surface area (Å²) >= 11 is 3.42. The first kappa shape index (κ1) is 15.5. The Balaban J connectivity index is 1.74. The first-order chi connectivity index (χ1) is 10.2. The van der Waals surface area contributed by atoms with Gasteiger partial charge in [0.25, 0.3) is 0 Å². The van der Waals surface area contributed by atoms with E-state index in [0.717, 1.165) is 42.7 Å². The summed E-state index contributed by atoms with van der Waals surface area (Å²) in [4.78, 5) is 0. The van der Waals surface area contributed by atoms with Gasteiger partial charge in [0.15, 0.2) is 0 Å². The average Bonchev–Trinajstić information content (AvgIpc) is 3.10. The van der Waals surface area contributed by atoms with E-state index in [1.54, 1.807) is 0 Å². The van der Waals surface area contributed by atoms with Gasteiger partial charge in [0, 0.05) is 6.04 Å². The maximum Gasteiger partial charge on any atom is 0.137 e. The Bertz CT molecular complexity index is 490. The maximum absolute atomic E-state index is 13.7. The second-order valence-electron chi connectivity index (χ2n) is 6.82. The Morgan fingerprint density at radius 2 is 2.19 bits per heavy atom. The molecule has 3 heteroatoms. The largest absolute Gasteiger partial charge is 0.313 e. The minimum absolute atomic E-state index is 0.144. The van der Waals surface area contributed by atoms with Crippen LogP contribution in [0.3, 0.4) is 0 Å². The normalized spacial score (nSPS) is 29.0. The van der Waals surface area contributed by atoms with Crippen LogP contribution >= 0.6 is 15.9 Å². The number of fused-ring (bicyclic) bond motifs is 2. The number of halogens is 2. The predicted molar refractivity (Wildman–Crippen MR) is 88.8 cm³/mol. The fraction of sp³-hybridized carbons (Fsp3) is 0.667. The van der Waals surface area contributed by atoms with Crippen LogP contribution in [-0.4, -0.2) is 12.6 Å². The zero-order chi connectivity index (χ0) is 14.8. The van der Waals surface area contributed by atoms with Crippen LogP contribution in [0.2, 0.25) is 0 Å². The summed E-state index contributed by atoms with van der Waals surface area (Å²) in [6.07, 6.45) is 7.74. The summed E-state index contributed by atoms with van der Waals surface area (Å²) in [6, 6.07) is 5.91. The maximum atomic E-state index is 13.7. The van der Waals surface area contributed by atoms with Crippen molar-refractivity contribution in [1.82, 2.24) is 5.32 Å². The van der Waals surface area contributed by atoms with Crippen molar-refractivity contribution in [3.8, 4) is 0 Å². The second kappa shape index (κ2) is 6.78. The molecule has 1 N–H and O–H groups in total. The zero-order valence-corrected chi connectivity index (χ0v) is 14.3. The van der Waals surface area contributed by atoms with Crippen LogP contribution in [0.5, 0.6) is 0 Å². The molecule has 4 atom stereocenters. The summed E-state index contributed by atoms with van der Waals surface area (Å²) in [5.41, 5.74) is 1.10. The molecule has 2 fully saturated rings. The van der Waals surface area contributed by atoms with E-state index in [4.69, 9.17) is 0 Å². The lowest BCUT2D eigenvalue weighted by atomic mass is 9.81. The summed E-state index contributed by atoms with van der Waals surface area (Å²) in [5.74, 6) is 2.50. The van der Waals surface area contributed by atoms with Crippen LogP contribution in [-0.2, 0) is 6.42 Å². The van der Waals surface area contributed by atoms with Crippen molar-refractivity contribution in [1.29, 1.82) is 0 Å². The molecular weight excluding hydrogens is 329 g/mol. The van der Waals surface area contributed by atoms with Gasteiger partial charge in [0.1, 0.15) is 5.82 Å². The molecule has 0 aromatic heterocycles. The zero-order valence-electron chi connectivity index (χ0n) is 12.7. The van der Waals surface area contributed by atoms with Crippen molar-refractivity contribution in [2.45, 2.75) is 51.5 Å². The number of benzene rings is 1. The Morgan fingerprint density at radius 3 is 2.86 bits per heavy atom. The van der Waals surface area contributed by atoms with Gasteiger partial charge in [-0.05, 0) is 84.0 Å². The Labute approximate surface area is 135 Å². The second-order valence-corrected chi connectivity index (χ2v) is 7.61. The minimum Gasteiger partial charge on any atom is -0.313 e. The molecule has 2 aliphatic carbocycles. The molecule has 0 saturated heterocycles. The first-order valence-electron chi connectivity index (χ1n) is 8.35. The summed E-state index contributed by atoms with van der Waals surface area (Å²) in [7, 11) is 0. The topological polar surface area (TPSA) is 12.0 Å². The highest BCUT2D eigenvalue weighted by Crippen LogP contribution is 2.50. The fourth-order valence-electron chi connectivity index (χ4n) is 4.43. The Morgan fingerprint density at radius 1 is 1.33 bits per heavy atom. The fourth-order valence-corrected chi connectivity index (χ4v) is 4.86. The van der Waals surface area contributed by atoms with Gasteiger partial charge < -0.3 is 5.32 Å². The van der Waals surface area contributed by atoms with E-state index >= 15 is 0 Å². The van der Waals surface area contributed by atoms with Crippen molar-refractivity contribution >= 4 is 15.9 Å². The highest BCUT2D eigenvalue weighted by molar-refractivity contribution is 9.10. The van der Waals surface area contributed by atoms with Crippen molar-refractivity contribution in [2.75, 3.05) is 6.54 Å². The lowest BCUT2D eigenvalue weighted by Crippen LogP contribution is -2.41. The third kappa shape index (κ3) is 3.34. The molecule has 0 radical (unpaired) electrons. The van der Waals surface area contributed by atoms with Gasteiger partial charge in [-0.25, -0.2) is 4.39 Å². The van der Waals surface area contributed by atoms with E-state index < -0.39 is 0 Å². The smallest absolute Gasteiger partial charge is 0.137 e. The lowest BCUT2D eigenvalue weighted by Gasteiger charge is -2.32. The third-order valence-corrected chi connectivity index (χ3v) is 6.33. The van der Waals surface area contributed by atoms with Crippen molar-refractivity contribution in [2.24, 2.45) is 17.8 Å². The van der Waals surface area contributed by atoms with Gasteiger partial charge in [-0.2, -0.15) is 0 Å². The van der Waals surface area contributed by atoms with Gasteiger partial charge in [-0.3, -0.25) is 0 Å². The molecule has 0 heterocycles. The van der Waals surface area contributed by atoms with Crippen LogP contribution in [0.1, 0.15) is 44.6 Å². The number of rotatable bonds is 6. The van der Waals surface area contributed by atoms with Gasteiger partial charge >= 0.3 is 0 Å². The minimum atomic E-state index is -0.144. The van der Waals surface area contributed by atoms with E-state index in [2.05, 4.69) is 34.2 Å². The third-order valence-electron chi connectivity index (χ3n) is 5.44. The quantitative estimate of drug-likeness (QED) is 0.763. The Hall–Kier alpha value is -0.410. The molecule has 0 aliphatic heterocycles. The van der Waals surface area contributed by atoms with Crippen LogP contribution in [0.15, 0.2) is 22.7 Å².